The zero-order valence-corrected chi connectivity index (χ0v) is 26.7. The topological polar surface area (TPSA) is 172 Å². The Kier molecular flexibility index (Phi) is 14.6. The number of urea groups is 2. The fraction of sp³-hybridized carbons (Fsp3) is 0.529. The molecule has 0 saturated carbocycles. The molecule has 0 aromatic heterocycles. The van der Waals surface area contributed by atoms with E-state index in [0.29, 0.717) is 50.6 Å². The molecule has 12 heteroatoms. The molecule has 46 heavy (non-hydrogen) atoms. The highest BCUT2D eigenvalue weighted by Crippen LogP contribution is 2.14. The number of hydrogen-bond acceptors (Lipinski definition) is 8. The predicted octanol–water partition coefficient (Wildman–Crippen LogP) is 3.95. The number of aliphatic hydroxyl groups excluding tert-OH is 2. The van der Waals surface area contributed by atoms with Crippen molar-refractivity contribution >= 4 is 35.1 Å². The van der Waals surface area contributed by atoms with Gasteiger partial charge in [0, 0.05) is 48.7 Å². The number of β-amino-alcohol motifs (C(OH)–C–C–N with tert-alkyl or cyclic N) is 2. The van der Waals surface area contributed by atoms with Crippen LogP contribution in [0.5, 0.6) is 0 Å². The summed E-state index contributed by atoms with van der Waals surface area (Å²) in [4.78, 5) is 33.3. The quantitative estimate of drug-likeness (QED) is 0.122. The van der Waals surface area contributed by atoms with E-state index < -0.39 is 12.2 Å². The number of carbonyl (C=O) groups excluding carboxylic acids is 2. The molecule has 2 heterocycles. The number of nitrogens with zero attached hydrogens (tertiary/aromatic N) is 2. The summed E-state index contributed by atoms with van der Waals surface area (Å²) in [5.74, 6) is 1.46. The van der Waals surface area contributed by atoms with Gasteiger partial charge in [0.1, 0.15) is 11.7 Å². The van der Waals surface area contributed by atoms with E-state index >= 15 is 0 Å². The van der Waals surface area contributed by atoms with E-state index in [1.807, 2.05) is 48.5 Å². The van der Waals surface area contributed by atoms with Crippen molar-refractivity contribution in [3.8, 4) is 0 Å². The van der Waals surface area contributed by atoms with E-state index in [4.69, 9.17) is 0 Å². The molecule has 2 aliphatic heterocycles. The molecule has 0 spiro atoms. The maximum atomic E-state index is 12.3. The SMILES string of the molecule is O=C(NCCCCCCCCCCCCNC(=O)Nc1cccc(C2=NCC(O)CN2)c1)Nc1cccc(C2=NCC(O)CN2)c1. The summed E-state index contributed by atoms with van der Waals surface area (Å²) >= 11 is 0. The van der Waals surface area contributed by atoms with Gasteiger partial charge in [0.15, 0.2) is 0 Å². The van der Waals surface area contributed by atoms with Crippen LogP contribution in [0.2, 0.25) is 0 Å². The van der Waals surface area contributed by atoms with Crippen LogP contribution in [0.1, 0.15) is 75.3 Å². The molecule has 2 aliphatic rings. The summed E-state index contributed by atoms with van der Waals surface area (Å²) in [6, 6.07) is 14.6. The number of anilines is 2. The number of amidine groups is 2. The number of hydrogen-bond donors (Lipinski definition) is 8. The molecule has 2 aromatic carbocycles. The average molecular weight is 635 g/mol. The summed E-state index contributed by atoms with van der Waals surface area (Å²) in [6.07, 6.45) is 10.4. The van der Waals surface area contributed by atoms with Crippen molar-refractivity contribution < 1.29 is 19.8 Å². The van der Waals surface area contributed by atoms with Crippen LogP contribution in [0.4, 0.5) is 21.0 Å². The predicted molar refractivity (Wildman–Crippen MR) is 184 cm³/mol. The van der Waals surface area contributed by atoms with Crippen LogP contribution in [-0.4, -0.2) is 85.4 Å². The monoisotopic (exact) mass is 634 g/mol. The van der Waals surface area contributed by atoms with Crippen LogP contribution in [0.3, 0.4) is 0 Å². The minimum absolute atomic E-state index is 0.210. The van der Waals surface area contributed by atoms with Crippen molar-refractivity contribution in [1.29, 1.82) is 0 Å². The number of benzene rings is 2. The second kappa shape index (κ2) is 19.4. The Morgan fingerprint density at radius 3 is 1.39 bits per heavy atom. The van der Waals surface area contributed by atoms with Gasteiger partial charge < -0.3 is 42.1 Å². The van der Waals surface area contributed by atoms with Crippen molar-refractivity contribution in [3.05, 3.63) is 59.7 Å². The number of carbonyl (C=O) groups is 2. The molecule has 4 amide bonds. The molecule has 0 saturated heterocycles. The zero-order chi connectivity index (χ0) is 32.4. The fourth-order valence-corrected chi connectivity index (χ4v) is 5.36. The summed E-state index contributed by atoms with van der Waals surface area (Å²) in [7, 11) is 0. The van der Waals surface area contributed by atoms with Crippen LogP contribution in [0.15, 0.2) is 58.5 Å². The molecule has 2 atom stereocenters. The number of nitrogens with one attached hydrogen (secondary N) is 6. The molecule has 2 aromatic rings. The van der Waals surface area contributed by atoms with Crippen LogP contribution in [-0.2, 0) is 0 Å². The molecular formula is C34H50N8O4. The van der Waals surface area contributed by atoms with Gasteiger partial charge in [-0.25, -0.2) is 9.59 Å². The number of amides is 4. The molecule has 250 valence electrons. The van der Waals surface area contributed by atoms with E-state index in [2.05, 4.69) is 41.9 Å². The van der Waals surface area contributed by atoms with Gasteiger partial charge in [-0.3, -0.25) is 9.98 Å². The van der Waals surface area contributed by atoms with E-state index in [1.165, 1.54) is 38.5 Å². The smallest absolute Gasteiger partial charge is 0.319 e. The van der Waals surface area contributed by atoms with Gasteiger partial charge in [-0.15, -0.1) is 0 Å². The molecule has 0 bridgehead atoms. The third kappa shape index (κ3) is 12.7. The molecule has 12 nitrogen and oxygen atoms in total. The second-order valence-corrected chi connectivity index (χ2v) is 11.9. The maximum absolute atomic E-state index is 12.3. The van der Waals surface area contributed by atoms with Gasteiger partial charge in [0.25, 0.3) is 0 Å². The maximum Gasteiger partial charge on any atom is 0.319 e. The Balaban J connectivity index is 0.939. The summed E-state index contributed by atoms with van der Waals surface area (Å²) in [5.41, 5.74) is 3.18. The number of unbranched alkanes of at least 4 members (excludes halogenated alkanes) is 9. The molecule has 8 N–H and O–H groups in total. The van der Waals surface area contributed by atoms with Crippen molar-refractivity contribution in [3.63, 3.8) is 0 Å². The van der Waals surface area contributed by atoms with E-state index in [-0.39, 0.29) is 12.1 Å². The Labute approximate surface area is 272 Å². The van der Waals surface area contributed by atoms with Crippen molar-refractivity contribution in [2.24, 2.45) is 9.98 Å². The largest absolute Gasteiger partial charge is 0.389 e. The first-order valence-corrected chi connectivity index (χ1v) is 16.7. The summed E-state index contributed by atoms with van der Waals surface area (Å²) < 4.78 is 0. The lowest BCUT2D eigenvalue weighted by Gasteiger charge is -2.19. The van der Waals surface area contributed by atoms with Gasteiger partial charge in [-0.05, 0) is 37.1 Å². The van der Waals surface area contributed by atoms with Gasteiger partial charge in [-0.1, -0.05) is 75.6 Å². The van der Waals surface area contributed by atoms with Gasteiger partial charge >= 0.3 is 12.1 Å². The lowest BCUT2D eigenvalue weighted by Crippen LogP contribution is -2.39. The van der Waals surface area contributed by atoms with E-state index in [1.54, 1.807) is 0 Å². The highest BCUT2D eigenvalue weighted by Gasteiger charge is 2.15. The van der Waals surface area contributed by atoms with Gasteiger partial charge in [0.05, 0.1) is 25.3 Å². The minimum atomic E-state index is -0.459. The third-order valence-electron chi connectivity index (χ3n) is 7.89. The van der Waals surface area contributed by atoms with Crippen LogP contribution in [0.25, 0.3) is 0 Å². The van der Waals surface area contributed by atoms with Gasteiger partial charge in [0.2, 0.25) is 0 Å². The highest BCUT2D eigenvalue weighted by atomic mass is 16.3. The van der Waals surface area contributed by atoms with Crippen molar-refractivity contribution in [1.82, 2.24) is 21.3 Å². The van der Waals surface area contributed by atoms with Crippen LogP contribution in [0, 0.1) is 0 Å². The Bertz CT molecular complexity index is 1220. The average Bonchev–Trinajstić information content (AvgIpc) is 3.06. The van der Waals surface area contributed by atoms with Crippen molar-refractivity contribution in [2.75, 3.05) is 49.9 Å². The normalized spacial score (nSPS) is 17.5. The van der Waals surface area contributed by atoms with Crippen molar-refractivity contribution in [2.45, 2.75) is 76.4 Å². The lowest BCUT2D eigenvalue weighted by atomic mass is 10.1. The molecular weight excluding hydrogens is 584 g/mol. The van der Waals surface area contributed by atoms with Gasteiger partial charge in [-0.2, -0.15) is 0 Å². The first-order chi connectivity index (χ1) is 22.5. The molecule has 0 radical (unpaired) electrons. The Morgan fingerprint density at radius 1 is 0.630 bits per heavy atom. The summed E-state index contributed by atoms with van der Waals surface area (Å²) in [5, 5.41) is 37.0. The summed E-state index contributed by atoms with van der Waals surface area (Å²) in [6.45, 7) is 3.00. The number of aliphatic hydroxyl groups is 2. The fourth-order valence-electron chi connectivity index (χ4n) is 5.36. The zero-order valence-electron chi connectivity index (χ0n) is 26.7. The lowest BCUT2D eigenvalue weighted by molar-refractivity contribution is 0.181. The standard InChI is InChI=1S/C34H50N8O4/c43-29-21-37-31(38-22-29)25-13-11-15-27(19-25)41-33(45)35-17-9-7-5-3-1-2-4-6-8-10-18-36-34(46)42-28-16-12-14-26(20-28)32-39-23-30(44)24-40-32/h11-16,19-20,29-30,43-44H,1-10,17-18,21-24H2,(H,37,38)(H,39,40)(H2,35,41,45)(H2,36,42,46). The Hall–Kier alpha value is -4.16. The van der Waals surface area contributed by atoms with Crippen LogP contribution >= 0.6 is 0 Å². The third-order valence-corrected chi connectivity index (χ3v) is 7.89. The minimum Gasteiger partial charge on any atom is -0.389 e. The molecule has 2 unspecified atom stereocenters. The number of rotatable bonds is 17. The first kappa shape index (κ1) is 34.7. The Morgan fingerprint density at radius 2 is 1.02 bits per heavy atom. The van der Waals surface area contributed by atoms with E-state index in [9.17, 15) is 19.8 Å². The second-order valence-electron chi connectivity index (χ2n) is 11.9. The molecule has 0 aliphatic carbocycles. The highest BCUT2D eigenvalue weighted by molar-refractivity contribution is 6.01. The van der Waals surface area contributed by atoms with Crippen LogP contribution < -0.4 is 31.9 Å². The molecule has 0 fully saturated rings. The first-order valence-electron chi connectivity index (χ1n) is 16.7. The number of aliphatic imine (C=N–C) groups is 2. The van der Waals surface area contributed by atoms with E-state index in [0.717, 1.165) is 48.5 Å². The molecule has 4 rings (SSSR count).